The van der Waals surface area contributed by atoms with Crippen molar-refractivity contribution in [1.29, 1.82) is 0 Å². The van der Waals surface area contributed by atoms with Crippen LogP contribution in [0.1, 0.15) is 20.1 Å². The SMILES string of the molecule is Cc1cc(C(=O)CSc2nc3ccccc3s2)c(C)s1. The van der Waals surface area contributed by atoms with Crippen molar-refractivity contribution in [3.63, 3.8) is 0 Å². The maximum Gasteiger partial charge on any atom is 0.174 e. The highest BCUT2D eigenvalue weighted by molar-refractivity contribution is 8.01. The van der Waals surface area contributed by atoms with Crippen LogP contribution in [0.2, 0.25) is 0 Å². The van der Waals surface area contributed by atoms with E-state index in [9.17, 15) is 4.79 Å². The van der Waals surface area contributed by atoms with Crippen LogP contribution in [-0.2, 0) is 0 Å². The van der Waals surface area contributed by atoms with Crippen LogP contribution < -0.4 is 0 Å². The highest BCUT2D eigenvalue weighted by Gasteiger charge is 2.13. The lowest BCUT2D eigenvalue weighted by atomic mass is 10.2. The van der Waals surface area contributed by atoms with Gasteiger partial charge in [-0.1, -0.05) is 23.9 Å². The van der Waals surface area contributed by atoms with Crippen molar-refractivity contribution < 1.29 is 4.79 Å². The van der Waals surface area contributed by atoms with Gasteiger partial charge in [-0.2, -0.15) is 0 Å². The van der Waals surface area contributed by atoms with Gasteiger partial charge >= 0.3 is 0 Å². The summed E-state index contributed by atoms with van der Waals surface area (Å²) in [6, 6.07) is 10.0. The summed E-state index contributed by atoms with van der Waals surface area (Å²) in [5.74, 6) is 0.646. The van der Waals surface area contributed by atoms with Gasteiger partial charge in [0.25, 0.3) is 0 Å². The number of carbonyl (C=O) groups excluding carboxylic acids is 1. The van der Waals surface area contributed by atoms with Crippen molar-refractivity contribution in [3.8, 4) is 0 Å². The minimum Gasteiger partial charge on any atom is -0.293 e. The van der Waals surface area contributed by atoms with Gasteiger partial charge in [-0.25, -0.2) is 4.98 Å². The molecule has 3 rings (SSSR count). The van der Waals surface area contributed by atoms with Crippen molar-refractivity contribution >= 4 is 50.4 Å². The monoisotopic (exact) mass is 319 g/mol. The Morgan fingerprint density at radius 1 is 1.25 bits per heavy atom. The largest absolute Gasteiger partial charge is 0.293 e. The summed E-state index contributed by atoms with van der Waals surface area (Å²) >= 11 is 4.86. The number of fused-ring (bicyclic) bond motifs is 1. The van der Waals surface area contributed by atoms with E-state index in [1.165, 1.54) is 21.3 Å². The summed E-state index contributed by atoms with van der Waals surface area (Å²) in [5.41, 5.74) is 1.87. The summed E-state index contributed by atoms with van der Waals surface area (Å²) in [4.78, 5) is 19.1. The van der Waals surface area contributed by atoms with E-state index in [0.29, 0.717) is 5.75 Å². The van der Waals surface area contributed by atoms with E-state index in [1.807, 2.05) is 38.1 Å². The standard InChI is InChI=1S/C15H13NOS3/c1-9-7-11(10(2)19-9)13(17)8-18-15-16-12-5-3-4-6-14(12)20-15/h3-7H,8H2,1-2H3. The third kappa shape index (κ3) is 2.80. The first kappa shape index (κ1) is 13.8. The maximum atomic E-state index is 12.2. The first-order valence-electron chi connectivity index (χ1n) is 6.22. The van der Waals surface area contributed by atoms with E-state index in [2.05, 4.69) is 11.1 Å². The molecule has 20 heavy (non-hydrogen) atoms. The molecular weight excluding hydrogens is 306 g/mol. The molecule has 0 unspecified atom stereocenters. The van der Waals surface area contributed by atoms with E-state index in [4.69, 9.17) is 0 Å². The molecule has 0 aliphatic carbocycles. The molecular formula is C15H13NOS3. The van der Waals surface area contributed by atoms with Crippen molar-refractivity contribution in [2.75, 3.05) is 5.75 Å². The second-order valence-electron chi connectivity index (χ2n) is 4.49. The molecule has 0 fully saturated rings. The quantitative estimate of drug-likeness (QED) is 0.503. The van der Waals surface area contributed by atoms with Crippen molar-refractivity contribution in [1.82, 2.24) is 4.98 Å². The molecule has 0 atom stereocenters. The summed E-state index contributed by atoms with van der Waals surface area (Å²) < 4.78 is 2.13. The van der Waals surface area contributed by atoms with E-state index in [0.717, 1.165) is 20.3 Å². The number of thioether (sulfide) groups is 1. The number of aryl methyl sites for hydroxylation is 2. The Kier molecular flexibility index (Phi) is 3.92. The van der Waals surface area contributed by atoms with Crippen molar-refractivity contribution in [3.05, 3.63) is 45.6 Å². The molecule has 1 aromatic carbocycles. The molecule has 0 aliphatic rings. The van der Waals surface area contributed by atoms with Crippen molar-refractivity contribution in [2.45, 2.75) is 18.2 Å². The summed E-state index contributed by atoms with van der Waals surface area (Å²) in [6.07, 6.45) is 0. The Morgan fingerprint density at radius 3 is 2.75 bits per heavy atom. The van der Waals surface area contributed by atoms with E-state index < -0.39 is 0 Å². The van der Waals surface area contributed by atoms with Crippen molar-refractivity contribution in [2.24, 2.45) is 0 Å². The first-order valence-corrected chi connectivity index (χ1v) is 8.84. The maximum absolute atomic E-state index is 12.2. The molecule has 102 valence electrons. The van der Waals surface area contributed by atoms with Crippen LogP contribution in [0, 0.1) is 13.8 Å². The molecule has 3 aromatic rings. The van der Waals surface area contributed by atoms with Gasteiger partial charge in [-0.05, 0) is 32.0 Å². The van der Waals surface area contributed by atoms with Gasteiger partial charge in [0.05, 0.1) is 16.0 Å². The second kappa shape index (κ2) is 5.68. The van der Waals surface area contributed by atoms with Gasteiger partial charge in [-0.15, -0.1) is 22.7 Å². The second-order valence-corrected chi connectivity index (χ2v) is 8.20. The zero-order valence-electron chi connectivity index (χ0n) is 11.2. The van der Waals surface area contributed by atoms with Crippen LogP contribution in [0.4, 0.5) is 0 Å². The predicted octanol–water partition coefficient (Wildman–Crippen LogP) is 4.95. The van der Waals surface area contributed by atoms with E-state index >= 15 is 0 Å². The number of thiophene rings is 1. The summed E-state index contributed by atoms with van der Waals surface area (Å²) in [5, 5.41) is 0. The van der Waals surface area contributed by atoms with Crippen LogP contribution in [-0.4, -0.2) is 16.5 Å². The smallest absolute Gasteiger partial charge is 0.174 e. The van der Waals surface area contributed by atoms with Crippen LogP contribution in [0.5, 0.6) is 0 Å². The number of hydrogen-bond donors (Lipinski definition) is 0. The number of thiazole rings is 1. The average molecular weight is 319 g/mol. The molecule has 0 saturated heterocycles. The summed E-state index contributed by atoms with van der Waals surface area (Å²) in [6.45, 7) is 4.04. The Hall–Kier alpha value is -1.17. The van der Waals surface area contributed by atoms with E-state index in [1.54, 1.807) is 22.7 Å². The molecule has 0 N–H and O–H groups in total. The highest BCUT2D eigenvalue weighted by atomic mass is 32.2. The highest BCUT2D eigenvalue weighted by Crippen LogP contribution is 2.30. The molecule has 0 aliphatic heterocycles. The number of carbonyl (C=O) groups is 1. The first-order chi connectivity index (χ1) is 9.63. The Labute approximate surface area is 129 Å². The molecule has 5 heteroatoms. The summed E-state index contributed by atoms with van der Waals surface area (Å²) in [7, 11) is 0. The Morgan fingerprint density at radius 2 is 2.05 bits per heavy atom. The number of hydrogen-bond acceptors (Lipinski definition) is 5. The van der Waals surface area contributed by atoms with Gasteiger partial charge in [0.15, 0.2) is 10.1 Å². The molecule has 2 aromatic heterocycles. The predicted molar refractivity (Wildman–Crippen MR) is 88.5 cm³/mol. The van der Waals surface area contributed by atoms with Crippen LogP contribution in [0.15, 0.2) is 34.7 Å². The Balaban J connectivity index is 1.73. The fraction of sp³-hybridized carbons (Fsp3) is 0.200. The molecule has 0 radical (unpaired) electrons. The van der Waals surface area contributed by atoms with E-state index in [-0.39, 0.29) is 5.78 Å². The third-order valence-electron chi connectivity index (χ3n) is 2.94. The molecule has 2 heterocycles. The number of Topliss-reactive ketones (excluding diaryl/α,β-unsaturated/α-hetero) is 1. The fourth-order valence-corrected chi connectivity index (χ4v) is 4.92. The van der Waals surface area contributed by atoms with Gasteiger partial charge in [0.1, 0.15) is 0 Å². The van der Waals surface area contributed by atoms with Crippen LogP contribution in [0.3, 0.4) is 0 Å². The van der Waals surface area contributed by atoms with Crippen LogP contribution in [0.25, 0.3) is 10.2 Å². The number of para-hydroxylation sites is 1. The topological polar surface area (TPSA) is 30.0 Å². The number of benzene rings is 1. The normalized spacial score (nSPS) is 11.1. The number of rotatable bonds is 4. The van der Waals surface area contributed by atoms with Crippen LogP contribution >= 0.6 is 34.4 Å². The van der Waals surface area contributed by atoms with Gasteiger partial charge in [0, 0.05) is 15.3 Å². The zero-order valence-corrected chi connectivity index (χ0v) is 13.6. The average Bonchev–Trinajstić information content (AvgIpc) is 2.98. The number of nitrogens with zero attached hydrogens (tertiary/aromatic N) is 1. The zero-order chi connectivity index (χ0) is 14.1. The lowest BCUT2D eigenvalue weighted by Gasteiger charge is -1.97. The minimum absolute atomic E-state index is 0.191. The number of ketones is 1. The lowest BCUT2D eigenvalue weighted by molar-refractivity contribution is 0.102. The lowest BCUT2D eigenvalue weighted by Crippen LogP contribution is -2.02. The third-order valence-corrected chi connectivity index (χ3v) is 6.09. The Bertz CT molecular complexity index is 739. The minimum atomic E-state index is 0.191. The number of aromatic nitrogens is 1. The molecule has 2 nitrogen and oxygen atoms in total. The molecule has 0 saturated carbocycles. The fourth-order valence-electron chi connectivity index (χ4n) is 2.03. The molecule has 0 amide bonds. The van der Waals surface area contributed by atoms with Gasteiger partial charge in [-0.3, -0.25) is 4.79 Å². The van der Waals surface area contributed by atoms with Gasteiger partial charge in [0.2, 0.25) is 0 Å². The molecule has 0 bridgehead atoms. The molecule has 0 spiro atoms. The van der Waals surface area contributed by atoms with Gasteiger partial charge < -0.3 is 0 Å².